The molecule has 0 spiro atoms. The van der Waals surface area contributed by atoms with Crippen molar-refractivity contribution in [1.29, 1.82) is 0 Å². The number of carbonyl (C=O) groups excluding carboxylic acids is 1. The van der Waals surface area contributed by atoms with E-state index in [0.717, 1.165) is 35.8 Å². The maximum absolute atomic E-state index is 13.7. The number of rotatable bonds is 5. The highest BCUT2D eigenvalue weighted by Crippen LogP contribution is 2.26. The van der Waals surface area contributed by atoms with Gasteiger partial charge in [0, 0.05) is 16.6 Å². The molecule has 1 aromatic heterocycles. The molecule has 3 aromatic rings. The first kappa shape index (κ1) is 18.9. The zero-order chi connectivity index (χ0) is 19.6. The van der Waals surface area contributed by atoms with Crippen LogP contribution in [0.4, 0.5) is 19.6 Å². The number of aromatic nitrogens is 1. The summed E-state index contributed by atoms with van der Waals surface area (Å²) in [6.45, 7) is 0. The van der Waals surface area contributed by atoms with E-state index >= 15 is 0 Å². The molecule has 1 heterocycles. The van der Waals surface area contributed by atoms with Gasteiger partial charge in [0.1, 0.15) is 11.6 Å². The van der Waals surface area contributed by atoms with Crippen LogP contribution in [0.3, 0.4) is 0 Å². The predicted molar refractivity (Wildman–Crippen MR) is 100 cm³/mol. The van der Waals surface area contributed by atoms with Crippen LogP contribution in [0.5, 0.6) is 0 Å². The highest BCUT2D eigenvalue weighted by atomic mass is 32.2. The minimum atomic E-state index is -3.37. The summed E-state index contributed by atoms with van der Waals surface area (Å²) in [4.78, 5) is 16.3. The SMILES string of the molecule is CS(=O)(=O)Nc1ccc(-c2csc(NC(=O)c3cc(F)ccc3F)n2)cc1. The summed E-state index contributed by atoms with van der Waals surface area (Å²) in [5.41, 5.74) is 1.23. The Balaban J connectivity index is 1.75. The molecule has 2 aromatic carbocycles. The molecule has 0 unspecified atom stereocenters. The lowest BCUT2D eigenvalue weighted by Gasteiger charge is -2.04. The minimum absolute atomic E-state index is 0.219. The lowest BCUT2D eigenvalue weighted by molar-refractivity contribution is 0.102. The second-order valence-corrected chi connectivity index (χ2v) is 8.17. The second kappa shape index (κ2) is 7.41. The van der Waals surface area contributed by atoms with E-state index in [1.165, 1.54) is 0 Å². The lowest BCUT2D eigenvalue weighted by Crippen LogP contribution is -2.14. The molecule has 0 aliphatic carbocycles. The molecular weight excluding hydrogens is 396 g/mol. The van der Waals surface area contributed by atoms with Crippen molar-refractivity contribution in [3.05, 3.63) is 65.0 Å². The average molecular weight is 409 g/mol. The molecule has 140 valence electrons. The van der Waals surface area contributed by atoms with E-state index in [2.05, 4.69) is 15.0 Å². The Morgan fingerprint density at radius 3 is 2.48 bits per heavy atom. The average Bonchev–Trinajstić information content (AvgIpc) is 3.04. The fourth-order valence-electron chi connectivity index (χ4n) is 2.22. The molecular formula is C17H13F2N3O3S2. The van der Waals surface area contributed by atoms with Crippen molar-refractivity contribution >= 4 is 38.1 Å². The van der Waals surface area contributed by atoms with Crippen LogP contribution in [0.1, 0.15) is 10.4 Å². The van der Waals surface area contributed by atoms with Gasteiger partial charge in [0.25, 0.3) is 5.91 Å². The maximum atomic E-state index is 13.7. The number of benzene rings is 2. The first-order valence-electron chi connectivity index (χ1n) is 7.51. The van der Waals surface area contributed by atoms with Gasteiger partial charge in [-0.15, -0.1) is 11.3 Å². The third-order valence-electron chi connectivity index (χ3n) is 3.38. The van der Waals surface area contributed by atoms with Crippen molar-refractivity contribution in [1.82, 2.24) is 4.98 Å². The van der Waals surface area contributed by atoms with Crippen molar-refractivity contribution in [2.45, 2.75) is 0 Å². The molecule has 2 N–H and O–H groups in total. The van der Waals surface area contributed by atoms with Gasteiger partial charge in [-0.2, -0.15) is 0 Å². The lowest BCUT2D eigenvalue weighted by atomic mass is 10.1. The normalized spacial score (nSPS) is 11.2. The van der Waals surface area contributed by atoms with Gasteiger partial charge in [0.2, 0.25) is 10.0 Å². The number of sulfonamides is 1. The third kappa shape index (κ3) is 4.86. The minimum Gasteiger partial charge on any atom is -0.298 e. The smallest absolute Gasteiger partial charge is 0.260 e. The van der Waals surface area contributed by atoms with E-state index in [9.17, 15) is 22.0 Å². The Hall–Kier alpha value is -2.85. The van der Waals surface area contributed by atoms with Crippen LogP contribution < -0.4 is 10.0 Å². The van der Waals surface area contributed by atoms with Crippen LogP contribution >= 0.6 is 11.3 Å². The van der Waals surface area contributed by atoms with Gasteiger partial charge in [-0.25, -0.2) is 22.2 Å². The number of hydrogen-bond acceptors (Lipinski definition) is 5. The zero-order valence-electron chi connectivity index (χ0n) is 13.9. The fourth-order valence-corrected chi connectivity index (χ4v) is 3.50. The summed E-state index contributed by atoms with van der Waals surface area (Å²) in [5, 5.41) is 4.33. The van der Waals surface area contributed by atoms with Crippen LogP contribution in [0.2, 0.25) is 0 Å². The standard InChI is InChI=1S/C17H13F2N3O3S2/c1-27(24,25)22-12-5-2-10(3-6-12)15-9-26-17(20-15)21-16(23)13-8-11(18)4-7-14(13)19/h2-9,22H,1H3,(H,20,21,23). The van der Waals surface area contributed by atoms with E-state index in [1.54, 1.807) is 29.6 Å². The van der Waals surface area contributed by atoms with E-state index in [0.29, 0.717) is 16.9 Å². The van der Waals surface area contributed by atoms with Gasteiger partial charge < -0.3 is 0 Å². The van der Waals surface area contributed by atoms with E-state index in [1.807, 2.05) is 0 Å². The molecule has 1 amide bonds. The quantitative estimate of drug-likeness (QED) is 0.672. The highest BCUT2D eigenvalue weighted by molar-refractivity contribution is 7.92. The topological polar surface area (TPSA) is 88.2 Å². The summed E-state index contributed by atoms with van der Waals surface area (Å²) in [6.07, 6.45) is 1.05. The largest absolute Gasteiger partial charge is 0.298 e. The summed E-state index contributed by atoms with van der Waals surface area (Å²) in [6, 6.07) is 9.11. The predicted octanol–water partition coefficient (Wildman–Crippen LogP) is 3.71. The molecule has 0 saturated carbocycles. The van der Waals surface area contributed by atoms with Crippen molar-refractivity contribution in [2.75, 3.05) is 16.3 Å². The Kier molecular flexibility index (Phi) is 5.19. The molecule has 0 fully saturated rings. The van der Waals surface area contributed by atoms with Crippen molar-refractivity contribution < 1.29 is 22.0 Å². The Bertz CT molecular complexity index is 1100. The number of nitrogens with zero attached hydrogens (tertiary/aromatic N) is 1. The molecule has 0 aliphatic heterocycles. The van der Waals surface area contributed by atoms with Gasteiger partial charge in [-0.05, 0) is 30.3 Å². The molecule has 3 rings (SSSR count). The first-order valence-corrected chi connectivity index (χ1v) is 10.3. The van der Waals surface area contributed by atoms with Gasteiger partial charge in [-0.3, -0.25) is 14.8 Å². The Morgan fingerprint density at radius 1 is 1.11 bits per heavy atom. The van der Waals surface area contributed by atoms with E-state index in [4.69, 9.17) is 0 Å². The van der Waals surface area contributed by atoms with Crippen molar-refractivity contribution in [3.63, 3.8) is 0 Å². The van der Waals surface area contributed by atoms with Crippen LogP contribution in [0.25, 0.3) is 11.3 Å². The van der Waals surface area contributed by atoms with E-state index < -0.39 is 33.1 Å². The van der Waals surface area contributed by atoms with Crippen LogP contribution in [-0.2, 0) is 10.0 Å². The number of halogens is 2. The molecule has 0 bridgehead atoms. The summed E-state index contributed by atoms with van der Waals surface area (Å²) in [5.74, 6) is -2.36. The molecule has 0 aliphatic rings. The van der Waals surface area contributed by atoms with Gasteiger partial charge in [0.05, 0.1) is 17.5 Å². The fraction of sp³-hybridized carbons (Fsp3) is 0.0588. The summed E-state index contributed by atoms with van der Waals surface area (Å²) >= 11 is 1.12. The molecule has 0 saturated heterocycles. The van der Waals surface area contributed by atoms with E-state index in [-0.39, 0.29) is 5.13 Å². The maximum Gasteiger partial charge on any atom is 0.260 e. The van der Waals surface area contributed by atoms with Crippen molar-refractivity contribution in [3.8, 4) is 11.3 Å². The van der Waals surface area contributed by atoms with Crippen LogP contribution in [0.15, 0.2) is 47.8 Å². The molecule has 6 nitrogen and oxygen atoms in total. The number of anilines is 2. The van der Waals surface area contributed by atoms with Gasteiger partial charge in [-0.1, -0.05) is 12.1 Å². The summed E-state index contributed by atoms with van der Waals surface area (Å²) < 4.78 is 51.6. The van der Waals surface area contributed by atoms with Gasteiger partial charge >= 0.3 is 0 Å². The van der Waals surface area contributed by atoms with Crippen LogP contribution in [0, 0.1) is 11.6 Å². The van der Waals surface area contributed by atoms with Gasteiger partial charge in [0.15, 0.2) is 5.13 Å². The second-order valence-electron chi connectivity index (χ2n) is 5.57. The zero-order valence-corrected chi connectivity index (χ0v) is 15.5. The molecule has 0 atom stereocenters. The Labute approximate surface area is 157 Å². The first-order chi connectivity index (χ1) is 12.7. The number of hydrogen-bond donors (Lipinski definition) is 2. The summed E-state index contributed by atoms with van der Waals surface area (Å²) in [7, 11) is -3.37. The number of amides is 1. The monoisotopic (exact) mass is 409 g/mol. The van der Waals surface area contributed by atoms with Crippen molar-refractivity contribution in [2.24, 2.45) is 0 Å². The third-order valence-corrected chi connectivity index (χ3v) is 4.75. The Morgan fingerprint density at radius 2 is 1.81 bits per heavy atom. The molecule has 0 radical (unpaired) electrons. The number of nitrogens with one attached hydrogen (secondary N) is 2. The molecule has 10 heteroatoms. The number of thiazole rings is 1. The number of carbonyl (C=O) groups is 1. The highest BCUT2D eigenvalue weighted by Gasteiger charge is 2.15. The molecule has 27 heavy (non-hydrogen) atoms. The van der Waals surface area contributed by atoms with Crippen LogP contribution in [-0.4, -0.2) is 25.6 Å².